The molecule has 0 saturated heterocycles. The van der Waals surface area contributed by atoms with Crippen LogP contribution < -0.4 is 26.6 Å². The molecule has 0 rings (SSSR count). The maximum Gasteiger partial charge on any atom is 0.323 e. The summed E-state index contributed by atoms with van der Waals surface area (Å²) in [4.78, 5) is 221. The molecule has 78 heavy (non-hydrogen) atoms. The summed E-state index contributed by atoms with van der Waals surface area (Å²) >= 11 is 0. The number of carboxylic acids is 4. The highest BCUT2D eigenvalue weighted by molar-refractivity contribution is 5.96. The van der Waals surface area contributed by atoms with E-state index in [1.165, 1.54) is 6.92 Å². The number of nitrogens with one attached hydrogen (secondary N) is 5. The minimum absolute atomic E-state index is 0.0902. The van der Waals surface area contributed by atoms with Crippen LogP contribution in [0.5, 0.6) is 0 Å². The number of hydrogen-bond donors (Lipinski definition) is 9. The van der Waals surface area contributed by atoms with E-state index in [1.54, 1.807) is 0 Å². The van der Waals surface area contributed by atoms with Gasteiger partial charge in [0.15, 0.2) is 23.1 Å². The zero-order chi connectivity index (χ0) is 59.3. The van der Waals surface area contributed by atoms with Crippen molar-refractivity contribution in [2.24, 2.45) is 0 Å². The average molecular weight is 1110 g/mol. The molecule has 0 aromatic heterocycles. The third-order valence-corrected chi connectivity index (χ3v) is 10.5. The zero-order valence-electron chi connectivity index (χ0n) is 43.5. The Kier molecular flexibility index (Phi) is 34.7. The molecule has 31 heteroatoms. The van der Waals surface area contributed by atoms with E-state index < -0.39 is 198 Å². The first-order valence-electron chi connectivity index (χ1n) is 24.5. The summed E-state index contributed by atoms with van der Waals surface area (Å²) in [7, 11) is 0. The van der Waals surface area contributed by atoms with Crippen LogP contribution in [0.4, 0.5) is 0 Å². The van der Waals surface area contributed by atoms with Gasteiger partial charge in [-0.3, -0.25) is 81.5 Å². The van der Waals surface area contributed by atoms with Crippen LogP contribution in [0.3, 0.4) is 0 Å². The van der Waals surface area contributed by atoms with Gasteiger partial charge in [0.25, 0.3) is 0 Å². The third kappa shape index (κ3) is 35.6. The highest BCUT2D eigenvalue weighted by atomic mass is 16.4. The Morgan fingerprint density at radius 2 is 0.654 bits per heavy atom. The van der Waals surface area contributed by atoms with E-state index in [9.17, 15) is 102 Å². The van der Waals surface area contributed by atoms with Gasteiger partial charge in [-0.25, -0.2) is 0 Å². The van der Waals surface area contributed by atoms with Crippen molar-refractivity contribution < 1.29 is 107 Å². The number of ketones is 5. The molecule has 0 saturated carbocycles. The Hall–Kier alpha value is -8.54. The first-order chi connectivity index (χ1) is 36.6. The van der Waals surface area contributed by atoms with E-state index in [0.29, 0.717) is 26.0 Å². The molecule has 0 aliphatic heterocycles. The van der Waals surface area contributed by atoms with Gasteiger partial charge in [-0.1, -0.05) is 19.8 Å². The topological polar surface area (TPSA) is 461 Å². The summed E-state index contributed by atoms with van der Waals surface area (Å²) in [5, 5.41) is 48.3. The lowest BCUT2D eigenvalue weighted by Crippen LogP contribution is -2.47. The van der Waals surface area contributed by atoms with Gasteiger partial charge in [-0.15, -0.1) is 0 Å². The van der Waals surface area contributed by atoms with Crippen LogP contribution in [0.25, 0.3) is 0 Å². The van der Waals surface area contributed by atoms with Crippen LogP contribution in [0.1, 0.15) is 104 Å². The number of nitrogens with zero attached hydrogens (tertiary/aromatic N) is 4. The van der Waals surface area contributed by atoms with Crippen LogP contribution in [-0.2, 0) is 86.3 Å². The van der Waals surface area contributed by atoms with E-state index in [2.05, 4.69) is 26.6 Å². The normalized spacial score (nSPS) is 10.4. The number of unbranched alkanes of at least 4 members (excludes halogenated alkanes) is 2. The van der Waals surface area contributed by atoms with Gasteiger partial charge in [0.05, 0.1) is 39.3 Å². The van der Waals surface area contributed by atoms with Crippen LogP contribution in [-0.4, -0.2) is 231 Å². The Bertz CT molecular complexity index is 2230. The van der Waals surface area contributed by atoms with Gasteiger partial charge in [-0.05, 0) is 19.8 Å². The van der Waals surface area contributed by atoms with E-state index in [-0.39, 0.29) is 63.3 Å². The number of carboxylic acid groups (broad SMARTS) is 4. The van der Waals surface area contributed by atoms with Gasteiger partial charge < -0.3 is 71.4 Å². The molecule has 0 fully saturated rings. The first-order valence-corrected chi connectivity index (χ1v) is 24.5. The summed E-state index contributed by atoms with van der Waals surface area (Å²) in [5.74, 6) is -16.6. The second-order valence-corrected chi connectivity index (χ2v) is 17.4. The van der Waals surface area contributed by atoms with Gasteiger partial charge in [-0.2, -0.15) is 0 Å². The highest BCUT2D eigenvalue weighted by Crippen LogP contribution is 2.05. The molecule has 434 valence electrons. The monoisotopic (exact) mass is 1110 g/mol. The summed E-state index contributed by atoms with van der Waals surface area (Å²) < 4.78 is 0. The van der Waals surface area contributed by atoms with Crippen molar-refractivity contribution in [3.8, 4) is 0 Å². The molecule has 9 N–H and O–H groups in total. The fourth-order valence-corrected chi connectivity index (χ4v) is 6.43. The molecule has 31 nitrogen and oxygen atoms in total. The second-order valence-electron chi connectivity index (χ2n) is 17.4. The third-order valence-electron chi connectivity index (χ3n) is 10.5. The Morgan fingerprint density at radius 1 is 0.308 bits per heavy atom. The van der Waals surface area contributed by atoms with E-state index in [1.807, 2.05) is 6.92 Å². The molecule has 0 unspecified atom stereocenters. The van der Waals surface area contributed by atoms with Crippen molar-refractivity contribution in [2.45, 2.75) is 104 Å². The number of carbonyl (C=O) groups is 18. The molecule has 0 bridgehead atoms. The molecule has 0 heterocycles. The second kappa shape index (κ2) is 38.9. The average Bonchev–Trinajstić information content (AvgIpc) is 3.35. The SMILES string of the molecule is CCCCCC(=O)NCC(=O)CCC(=O)N(CC(=O)O)CC(=O)NCC(=O)CCC(=O)N(CC(=O)O)CC(=O)CCCNC(=O)CN(CC(=O)O)C(=O)CNC(=O)CCC(=O)CN(CC(=O)O)C(=O)CNC(=O)CCC(C)=O. The molecule has 0 aromatic rings. The smallest absolute Gasteiger partial charge is 0.323 e. The minimum Gasteiger partial charge on any atom is -0.480 e. The van der Waals surface area contributed by atoms with Crippen molar-refractivity contribution >= 4 is 106 Å². The molecule has 0 aliphatic rings. The summed E-state index contributed by atoms with van der Waals surface area (Å²) in [6.07, 6.45) is -1.23. The minimum atomic E-state index is -1.54. The van der Waals surface area contributed by atoms with E-state index in [0.717, 1.165) is 12.8 Å². The lowest BCUT2D eigenvalue weighted by Gasteiger charge is -2.21. The fourth-order valence-electron chi connectivity index (χ4n) is 6.43. The number of carbonyl (C=O) groups excluding carboxylic acids is 14. The van der Waals surface area contributed by atoms with Crippen LogP contribution in [0.15, 0.2) is 0 Å². The number of rotatable bonds is 44. The number of Topliss-reactive ketones (excluding diaryl/α,β-unsaturated/α-hetero) is 5. The molecule has 0 radical (unpaired) electrons. The summed E-state index contributed by atoms with van der Waals surface area (Å²) in [6, 6.07) is 0. The highest BCUT2D eigenvalue weighted by Gasteiger charge is 2.26. The van der Waals surface area contributed by atoms with Gasteiger partial charge in [0.2, 0.25) is 53.2 Å². The standard InChI is InChI=1S/C47H69N9O22/c1-3-4-5-8-35(62)49-18-31(58)12-16-41(68)55(28-46(75)76)25-39(66)50-19-32(59)11-15-40(67)53(26-44(71)72)22-33(60)7-6-17-48-38(65)24-56(29-47(77)78)43(70)21-52-37(64)14-10-34(61)23-54(27-45(73)74)42(69)20-51-36(63)13-9-30(2)57/h3-29H2,1-2H3,(H,48,65)(H,49,62)(H,50,66)(H,51,63)(H,52,64)(H,71,72)(H,73,74)(H,75,76)(H,77,78). The summed E-state index contributed by atoms with van der Waals surface area (Å²) in [5.41, 5.74) is 0. The number of hydrogen-bond acceptors (Lipinski definition) is 18. The molecule has 0 aliphatic carbocycles. The molecular formula is C47H69N9O22. The number of aliphatic carboxylic acids is 4. The number of amides is 9. The van der Waals surface area contributed by atoms with E-state index in [4.69, 9.17) is 5.11 Å². The molecule has 0 aromatic carbocycles. The van der Waals surface area contributed by atoms with Gasteiger partial charge in [0, 0.05) is 70.8 Å². The Labute approximate surface area is 446 Å². The predicted octanol–water partition coefficient (Wildman–Crippen LogP) is -4.43. The predicted molar refractivity (Wildman–Crippen MR) is 263 cm³/mol. The lowest BCUT2D eigenvalue weighted by atomic mass is 10.1. The Balaban J connectivity index is 5.01. The van der Waals surface area contributed by atoms with Gasteiger partial charge >= 0.3 is 23.9 Å². The van der Waals surface area contributed by atoms with Crippen LogP contribution >= 0.6 is 0 Å². The maximum absolute atomic E-state index is 12.9. The van der Waals surface area contributed by atoms with Crippen molar-refractivity contribution in [1.29, 1.82) is 0 Å². The summed E-state index contributed by atoms with van der Waals surface area (Å²) in [6.45, 7) is -6.50. The molecule has 0 atom stereocenters. The van der Waals surface area contributed by atoms with Crippen LogP contribution in [0, 0.1) is 0 Å². The molecule has 9 amide bonds. The largest absolute Gasteiger partial charge is 0.480 e. The van der Waals surface area contributed by atoms with Crippen molar-refractivity contribution in [1.82, 2.24) is 46.2 Å². The molecule has 0 spiro atoms. The maximum atomic E-state index is 12.9. The van der Waals surface area contributed by atoms with E-state index >= 15 is 0 Å². The molecular weight excluding hydrogens is 1040 g/mol. The lowest BCUT2D eigenvalue weighted by molar-refractivity contribution is -0.146. The first kappa shape index (κ1) is 69.5. The quantitative estimate of drug-likeness (QED) is 0.0260. The van der Waals surface area contributed by atoms with Crippen molar-refractivity contribution in [2.75, 3.05) is 85.1 Å². The Morgan fingerprint density at radius 3 is 1.09 bits per heavy atom. The zero-order valence-corrected chi connectivity index (χ0v) is 43.5. The van der Waals surface area contributed by atoms with Crippen molar-refractivity contribution in [3.05, 3.63) is 0 Å². The fraction of sp³-hybridized carbons (Fsp3) is 0.617. The van der Waals surface area contributed by atoms with Gasteiger partial charge in [0.1, 0.15) is 45.1 Å². The van der Waals surface area contributed by atoms with Crippen LogP contribution in [0.2, 0.25) is 0 Å². The van der Waals surface area contributed by atoms with Crippen molar-refractivity contribution in [3.63, 3.8) is 0 Å².